The van der Waals surface area contributed by atoms with Crippen LogP contribution in [0.4, 0.5) is 4.79 Å². The van der Waals surface area contributed by atoms with Gasteiger partial charge in [-0.2, -0.15) is 0 Å². The lowest BCUT2D eigenvalue weighted by Gasteiger charge is -2.16. The molecular formula is C15H16N2O3. The van der Waals surface area contributed by atoms with Gasteiger partial charge in [0.25, 0.3) is 0 Å². The van der Waals surface area contributed by atoms with Crippen LogP contribution >= 0.6 is 0 Å². The summed E-state index contributed by atoms with van der Waals surface area (Å²) in [4.78, 5) is 37.8. The van der Waals surface area contributed by atoms with Gasteiger partial charge in [0.15, 0.2) is 0 Å². The Balaban J connectivity index is 2.15. The highest BCUT2D eigenvalue weighted by Crippen LogP contribution is 2.17. The van der Waals surface area contributed by atoms with Crippen LogP contribution in [-0.2, 0) is 16.1 Å². The molecule has 0 bridgehead atoms. The van der Waals surface area contributed by atoms with Crippen LogP contribution in [0, 0.1) is 0 Å². The molecule has 0 saturated carbocycles. The minimum Gasteiger partial charge on any atom is -0.263 e. The lowest BCUT2D eigenvalue weighted by Crippen LogP contribution is -2.34. The number of carbonyl (C=O) groups excluding carboxylic acids is 3. The summed E-state index contributed by atoms with van der Waals surface area (Å²) in [5.74, 6) is -1.55. The third-order valence-corrected chi connectivity index (χ3v) is 3.20. The first-order chi connectivity index (χ1) is 9.54. The maximum absolute atomic E-state index is 12.2. The van der Waals surface area contributed by atoms with Gasteiger partial charge in [0.1, 0.15) is 0 Å². The molecule has 20 heavy (non-hydrogen) atoms. The normalized spacial score (nSPS) is 15.2. The van der Waals surface area contributed by atoms with Gasteiger partial charge in [-0.15, -0.1) is 0 Å². The molecule has 1 aromatic rings. The number of benzene rings is 1. The van der Waals surface area contributed by atoms with E-state index in [2.05, 4.69) is 6.58 Å². The summed E-state index contributed by atoms with van der Waals surface area (Å²) < 4.78 is 0. The second kappa shape index (κ2) is 5.69. The Bertz CT molecular complexity index is 566. The molecule has 1 heterocycles. The molecule has 0 unspecified atom stereocenters. The summed E-state index contributed by atoms with van der Waals surface area (Å²) in [5.41, 5.74) is 1.54. The van der Waals surface area contributed by atoms with E-state index in [-0.39, 0.29) is 13.1 Å². The van der Waals surface area contributed by atoms with Crippen molar-refractivity contribution in [3.05, 3.63) is 48.0 Å². The third kappa shape index (κ3) is 2.61. The van der Waals surface area contributed by atoms with Crippen LogP contribution in [0.3, 0.4) is 0 Å². The molecule has 1 saturated heterocycles. The fraction of sp³-hybridized carbons (Fsp3) is 0.267. The van der Waals surface area contributed by atoms with Crippen molar-refractivity contribution < 1.29 is 14.4 Å². The molecule has 1 aliphatic heterocycles. The van der Waals surface area contributed by atoms with Gasteiger partial charge in [-0.05, 0) is 12.0 Å². The summed E-state index contributed by atoms with van der Waals surface area (Å²) in [6.07, 6.45) is 0.657. The van der Waals surface area contributed by atoms with E-state index in [4.69, 9.17) is 0 Å². The zero-order chi connectivity index (χ0) is 14.7. The number of imide groups is 2. The van der Waals surface area contributed by atoms with Gasteiger partial charge in [-0.3, -0.25) is 19.4 Å². The summed E-state index contributed by atoms with van der Waals surface area (Å²) in [7, 11) is 0. The predicted octanol–water partition coefficient (Wildman–Crippen LogP) is 1.94. The highest BCUT2D eigenvalue weighted by molar-refractivity contribution is 6.44. The minimum atomic E-state index is -0.777. The number of amides is 4. The van der Waals surface area contributed by atoms with Gasteiger partial charge in [-0.25, -0.2) is 4.79 Å². The van der Waals surface area contributed by atoms with E-state index in [1.807, 2.05) is 25.1 Å². The predicted molar refractivity (Wildman–Crippen MR) is 73.5 cm³/mol. The Hall–Kier alpha value is -2.43. The number of nitrogens with zero attached hydrogens (tertiary/aromatic N) is 2. The van der Waals surface area contributed by atoms with Crippen molar-refractivity contribution in [2.75, 3.05) is 6.54 Å². The van der Waals surface area contributed by atoms with E-state index in [1.165, 1.54) is 0 Å². The monoisotopic (exact) mass is 272 g/mol. The summed E-state index contributed by atoms with van der Waals surface area (Å²) in [5, 5.41) is 0. The van der Waals surface area contributed by atoms with Gasteiger partial charge >= 0.3 is 17.8 Å². The Morgan fingerprint density at radius 2 is 1.65 bits per heavy atom. The van der Waals surface area contributed by atoms with E-state index in [1.54, 1.807) is 12.1 Å². The number of hydrogen-bond donors (Lipinski definition) is 0. The molecule has 0 radical (unpaired) electrons. The van der Waals surface area contributed by atoms with Crippen molar-refractivity contribution in [2.45, 2.75) is 19.9 Å². The first kappa shape index (κ1) is 14.0. The fourth-order valence-electron chi connectivity index (χ4n) is 1.93. The largest absolute Gasteiger partial charge is 0.334 e. The average molecular weight is 272 g/mol. The zero-order valence-corrected chi connectivity index (χ0v) is 11.3. The van der Waals surface area contributed by atoms with Gasteiger partial charge in [-0.1, -0.05) is 49.4 Å². The van der Waals surface area contributed by atoms with E-state index in [0.29, 0.717) is 6.42 Å². The van der Waals surface area contributed by atoms with Crippen LogP contribution in [0.5, 0.6) is 0 Å². The van der Waals surface area contributed by atoms with Crippen LogP contribution in [-0.4, -0.2) is 34.2 Å². The first-order valence-electron chi connectivity index (χ1n) is 6.42. The van der Waals surface area contributed by atoms with E-state index in [0.717, 1.165) is 20.9 Å². The van der Waals surface area contributed by atoms with Crippen LogP contribution in [0.25, 0.3) is 0 Å². The standard InChI is InChI=1S/C15H16N2O3/c1-3-11(2)9-16-13(18)14(19)17(15(16)20)10-12-7-5-4-6-8-12/h4-8H,2-3,9-10H2,1H3. The van der Waals surface area contributed by atoms with Crippen molar-refractivity contribution in [1.29, 1.82) is 0 Å². The first-order valence-corrected chi connectivity index (χ1v) is 6.42. The number of urea groups is 1. The van der Waals surface area contributed by atoms with Crippen molar-refractivity contribution in [3.63, 3.8) is 0 Å². The number of hydrogen-bond acceptors (Lipinski definition) is 3. The second-order valence-electron chi connectivity index (χ2n) is 4.65. The smallest absolute Gasteiger partial charge is 0.263 e. The molecule has 104 valence electrons. The zero-order valence-electron chi connectivity index (χ0n) is 11.3. The molecular weight excluding hydrogens is 256 g/mol. The molecule has 0 aromatic heterocycles. The molecule has 0 atom stereocenters. The second-order valence-corrected chi connectivity index (χ2v) is 4.65. The Morgan fingerprint density at radius 3 is 2.25 bits per heavy atom. The molecule has 0 spiro atoms. The topological polar surface area (TPSA) is 57.7 Å². The van der Waals surface area contributed by atoms with E-state index >= 15 is 0 Å². The average Bonchev–Trinajstić information content (AvgIpc) is 2.66. The van der Waals surface area contributed by atoms with E-state index in [9.17, 15) is 14.4 Å². The quantitative estimate of drug-likeness (QED) is 0.467. The minimum absolute atomic E-state index is 0.102. The lowest BCUT2D eigenvalue weighted by molar-refractivity contribution is -0.143. The molecule has 0 aliphatic carbocycles. The number of rotatable bonds is 5. The summed E-state index contributed by atoms with van der Waals surface area (Å²) in [6, 6.07) is 8.52. The molecule has 1 fully saturated rings. The Kier molecular flexibility index (Phi) is 3.98. The Labute approximate surface area is 117 Å². The fourth-order valence-corrected chi connectivity index (χ4v) is 1.93. The van der Waals surface area contributed by atoms with Gasteiger partial charge < -0.3 is 0 Å². The van der Waals surface area contributed by atoms with Crippen molar-refractivity contribution >= 4 is 17.8 Å². The molecule has 0 N–H and O–H groups in total. The highest BCUT2D eigenvalue weighted by atomic mass is 16.2. The van der Waals surface area contributed by atoms with Crippen molar-refractivity contribution in [3.8, 4) is 0 Å². The van der Waals surface area contributed by atoms with Gasteiger partial charge in [0.2, 0.25) is 0 Å². The lowest BCUT2D eigenvalue weighted by atomic mass is 10.2. The summed E-state index contributed by atoms with van der Waals surface area (Å²) in [6.45, 7) is 5.86. The molecule has 2 rings (SSSR count). The van der Waals surface area contributed by atoms with Crippen LogP contribution in [0.2, 0.25) is 0 Å². The maximum Gasteiger partial charge on any atom is 0.334 e. The SMILES string of the molecule is C=C(CC)CN1C(=O)C(=O)N(Cc2ccccc2)C1=O. The van der Waals surface area contributed by atoms with Crippen LogP contribution < -0.4 is 0 Å². The Morgan fingerprint density at radius 1 is 1.05 bits per heavy atom. The molecule has 1 aliphatic rings. The molecule has 5 heteroatoms. The maximum atomic E-state index is 12.2. The molecule has 1 aromatic carbocycles. The van der Waals surface area contributed by atoms with Crippen molar-refractivity contribution in [1.82, 2.24) is 9.80 Å². The van der Waals surface area contributed by atoms with Crippen molar-refractivity contribution in [2.24, 2.45) is 0 Å². The van der Waals surface area contributed by atoms with Gasteiger partial charge in [0.05, 0.1) is 13.1 Å². The molecule has 5 nitrogen and oxygen atoms in total. The van der Waals surface area contributed by atoms with Gasteiger partial charge in [0, 0.05) is 0 Å². The van der Waals surface area contributed by atoms with Crippen LogP contribution in [0.1, 0.15) is 18.9 Å². The highest BCUT2D eigenvalue weighted by Gasteiger charge is 2.44. The van der Waals surface area contributed by atoms with Crippen LogP contribution in [0.15, 0.2) is 42.5 Å². The van der Waals surface area contributed by atoms with E-state index < -0.39 is 17.8 Å². The third-order valence-electron chi connectivity index (χ3n) is 3.20. The number of carbonyl (C=O) groups is 3. The molecule has 4 amide bonds. The summed E-state index contributed by atoms with van der Waals surface area (Å²) >= 11 is 0.